The Labute approximate surface area is 173 Å². The molecule has 0 atom stereocenters. The Bertz CT molecular complexity index is 1110. The third-order valence-electron chi connectivity index (χ3n) is 4.82. The molecule has 0 radical (unpaired) electrons. The Kier molecular flexibility index (Phi) is 5.98. The second-order valence-electron chi connectivity index (χ2n) is 6.60. The number of amides is 2. The predicted octanol–water partition coefficient (Wildman–Crippen LogP) is 3.64. The summed E-state index contributed by atoms with van der Waals surface area (Å²) in [4.78, 5) is 26.9. The summed E-state index contributed by atoms with van der Waals surface area (Å²) in [6.07, 6.45) is 1.58. The van der Waals surface area contributed by atoms with E-state index in [0.717, 1.165) is 4.90 Å². The van der Waals surface area contributed by atoms with Crippen LogP contribution in [0.5, 0.6) is 11.5 Å². The molecule has 3 rings (SSSR count). The molecule has 1 aliphatic rings. The highest BCUT2D eigenvalue weighted by Gasteiger charge is 2.35. The molecule has 2 aromatic carbocycles. The van der Waals surface area contributed by atoms with Crippen LogP contribution in [0, 0.1) is 17.1 Å². The lowest BCUT2D eigenvalue weighted by molar-refractivity contribution is -0.141. The van der Waals surface area contributed by atoms with Crippen molar-refractivity contribution >= 4 is 17.9 Å². The van der Waals surface area contributed by atoms with Crippen LogP contribution >= 0.6 is 0 Å². The van der Waals surface area contributed by atoms with Gasteiger partial charge < -0.3 is 9.47 Å². The van der Waals surface area contributed by atoms with Crippen LogP contribution in [0.1, 0.15) is 18.1 Å². The van der Waals surface area contributed by atoms with Crippen LogP contribution in [-0.2, 0) is 16.1 Å². The van der Waals surface area contributed by atoms with E-state index in [9.17, 15) is 19.2 Å². The van der Waals surface area contributed by atoms with Gasteiger partial charge in [0.15, 0.2) is 0 Å². The minimum Gasteiger partial charge on any atom is -0.497 e. The third-order valence-corrected chi connectivity index (χ3v) is 4.82. The molecular weight excluding hydrogens is 387 g/mol. The van der Waals surface area contributed by atoms with Gasteiger partial charge in [-0.05, 0) is 48.4 Å². The highest BCUT2D eigenvalue weighted by molar-refractivity contribution is 6.19. The zero-order valence-electron chi connectivity index (χ0n) is 16.7. The maximum absolute atomic E-state index is 13.2. The Morgan fingerprint density at radius 2 is 1.77 bits per heavy atom. The molecule has 7 heteroatoms. The molecule has 0 N–H and O–H groups in total. The molecule has 0 aliphatic carbocycles. The number of hydrogen-bond donors (Lipinski definition) is 0. The average Bonchev–Trinajstić information content (AvgIpc) is 2.76. The number of nitriles is 1. The maximum Gasteiger partial charge on any atom is 0.271 e. The first-order valence-corrected chi connectivity index (χ1v) is 9.05. The molecule has 0 saturated heterocycles. The van der Waals surface area contributed by atoms with Crippen molar-refractivity contribution < 1.29 is 23.5 Å². The lowest BCUT2D eigenvalue weighted by Crippen LogP contribution is -2.42. The van der Waals surface area contributed by atoms with Crippen molar-refractivity contribution in [3.05, 3.63) is 76.1 Å². The number of carbonyl (C=O) groups excluding carboxylic acids is 2. The van der Waals surface area contributed by atoms with E-state index in [4.69, 9.17) is 9.47 Å². The molecule has 6 nitrogen and oxygen atoms in total. The standard InChI is InChI=1S/C23H19FN2O4/c1-14-19(10-16-6-9-18(29-2)11-21(16)30-3)22(27)26(23(28)20(14)12-25)13-15-4-7-17(24)8-5-15/h4-11H,13H2,1-3H3/b19-10+. The zero-order chi connectivity index (χ0) is 21.8. The van der Waals surface area contributed by atoms with Crippen molar-refractivity contribution in [1.29, 1.82) is 5.26 Å². The van der Waals surface area contributed by atoms with Gasteiger partial charge in [0, 0.05) is 17.2 Å². The first kappa shape index (κ1) is 20.8. The highest BCUT2D eigenvalue weighted by Crippen LogP contribution is 2.32. The summed E-state index contributed by atoms with van der Waals surface area (Å²) < 4.78 is 23.7. The molecule has 0 unspecified atom stereocenters. The van der Waals surface area contributed by atoms with E-state index in [1.165, 1.54) is 38.5 Å². The van der Waals surface area contributed by atoms with Gasteiger partial charge in [-0.25, -0.2) is 4.39 Å². The van der Waals surface area contributed by atoms with E-state index in [1.54, 1.807) is 31.2 Å². The van der Waals surface area contributed by atoms with Gasteiger partial charge in [0.25, 0.3) is 11.8 Å². The molecule has 2 amide bonds. The number of hydrogen-bond acceptors (Lipinski definition) is 5. The quantitative estimate of drug-likeness (QED) is 0.560. The van der Waals surface area contributed by atoms with Gasteiger partial charge in [-0.1, -0.05) is 12.1 Å². The SMILES string of the molecule is COc1ccc(/C=C2/C(=O)N(Cc3ccc(F)cc3)C(=O)C(C#N)=C2C)c(OC)c1. The minimum absolute atomic E-state index is 0.0759. The number of ether oxygens (including phenoxy) is 2. The van der Waals surface area contributed by atoms with E-state index >= 15 is 0 Å². The van der Waals surface area contributed by atoms with Crippen LogP contribution in [0.25, 0.3) is 6.08 Å². The van der Waals surface area contributed by atoms with Crippen LogP contribution in [0.4, 0.5) is 4.39 Å². The molecule has 0 fully saturated rings. The number of rotatable bonds is 5. The van der Waals surface area contributed by atoms with Crippen molar-refractivity contribution in [3.8, 4) is 17.6 Å². The lowest BCUT2D eigenvalue weighted by Gasteiger charge is -2.27. The predicted molar refractivity (Wildman–Crippen MR) is 108 cm³/mol. The van der Waals surface area contributed by atoms with E-state index in [-0.39, 0.29) is 17.7 Å². The molecule has 152 valence electrons. The number of benzene rings is 2. The fourth-order valence-electron chi connectivity index (χ4n) is 3.14. The molecular formula is C23H19FN2O4. The highest BCUT2D eigenvalue weighted by atomic mass is 19.1. The van der Waals surface area contributed by atoms with Gasteiger partial charge in [-0.2, -0.15) is 5.26 Å². The molecule has 0 spiro atoms. The summed E-state index contributed by atoms with van der Waals surface area (Å²) in [7, 11) is 3.02. The van der Waals surface area contributed by atoms with Crippen LogP contribution in [-0.4, -0.2) is 30.9 Å². The normalized spacial score (nSPS) is 15.4. The summed E-state index contributed by atoms with van der Waals surface area (Å²) in [6, 6.07) is 12.5. The van der Waals surface area contributed by atoms with E-state index in [0.29, 0.717) is 28.2 Å². The summed E-state index contributed by atoms with van der Waals surface area (Å²) >= 11 is 0. The molecule has 0 aromatic heterocycles. The number of halogens is 1. The second kappa shape index (κ2) is 8.62. The summed E-state index contributed by atoms with van der Waals surface area (Å²) in [5.74, 6) is -0.581. The monoisotopic (exact) mass is 406 g/mol. The number of carbonyl (C=O) groups is 2. The van der Waals surface area contributed by atoms with Crippen molar-refractivity contribution in [2.24, 2.45) is 0 Å². The van der Waals surface area contributed by atoms with Crippen molar-refractivity contribution in [2.45, 2.75) is 13.5 Å². The topological polar surface area (TPSA) is 79.6 Å². The Morgan fingerprint density at radius 1 is 1.07 bits per heavy atom. The van der Waals surface area contributed by atoms with E-state index in [2.05, 4.69) is 0 Å². The maximum atomic E-state index is 13.2. The summed E-state index contributed by atoms with van der Waals surface area (Å²) in [6.45, 7) is 1.49. The Balaban J connectivity index is 2.07. The zero-order valence-corrected chi connectivity index (χ0v) is 16.7. The van der Waals surface area contributed by atoms with Gasteiger partial charge in [0.2, 0.25) is 0 Å². The van der Waals surface area contributed by atoms with Gasteiger partial charge >= 0.3 is 0 Å². The number of nitrogens with zero attached hydrogens (tertiary/aromatic N) is 2. The van der Waals surface area contributed by atoms with Crippen molar-refractivity contribution in [2.75, 3.05) is 14.2 Å². The minimum atomic E-state index is -0.678. The van der Waals surface area contributed by atoms with Gasteiger partial charge in [-0.15, -0.1) is 0 Å². The third kappa shape index (κ3) is 3.94. The molecule has 0 saturated carbocycles. The van der Waals surface area contributed by atoms with Crippen LogP contribution in [0.2, 0.25) is 0 Å². The molecule has 1 heterocycles. The van der Waals surface area contributed by atoms with Gasteiger partial charge in [0.1, 0.15) is 29.0 Å². The van der Waals surface area contributed by atoms with Crippen LogP contribution in [0.15, 0.2) is 59.2 Å². The van der Waals surface area contributed by atoms with Crippen LogP contribution < -0.4 is 9.47 Å². The van der Waals surface area contributed by atoms with Gasteiger partial charge in [0.05, 0.1) is 20.8 Å². The lowest BCUT2D eigenvalue weighted by atomic mass is 9.93. The summed E-state index contributed by atoms with van der Waals surface area (Å²) in [5.41, 5.74) is 1.54. The largest absolute Gasteiger partial charge is 0.497 e. The smallest absolute Gasteiger partial charge is 0.271 e. The fraction of sp³-hybridized carbons (Fsp3) is 0.174. The molecule has 2 aromatic rings. The van der Waals surface area contributed by atoms with E-state index < -0.39 is 17.6 Å². The Hall–Kier alpha value is -3.92. The number of imide groups is 1. The molecule has 1 aliphatic heterocycles. The van der Waals surface area contributed by atoms with Crippen molar-refractivity contribution in [3.63, 3.8) is 0 Å². The Morgan fingerprint density at radius 3 is 2.37 bits per heavy atom. The van der Waals surface area contributed by atoms with E-state index in [1.807, 2.05) is 6.07 Å². The molecule has 0 bridgehead atoms. The first-order chi connectivity index (χ1) is 14.4. The molecule has 30 heavy (non-hydrogen) atoms. The number of methoxy groups -OCH3 is 2. The average molecular weight is 406 g/mol. The summed E-state index contributed by atoms with van der Waals surface area (Å²) in [5, 5.41) is 9.51. The first-order valence-electron chi connectivity index (χ1n) is 9.05. The van der Waals surface area contributed by atoms with Gasteiger partial charge in [-0.3, -0.25) is 14.5 Å². The fourth-order valence-corrected chi connectivity index (χ4v) is 3.14. The second-order valence-corrected chi connectivity index (χ2v) is 6.60. The van der Waals surface area contributed by atoms with Crippen LogP contribution in [0.3, 0.4) is 0 Å². The van der Waals surface area contributed by atoms with Crippen molar-refractivity contribution in [1.82, 2.24) is 4.90 Å².